The Morgan fingerprint density at radius 2 is 1.81 bits per heavy atom. The van der Waals surface area contributed by atoms with Crippen molar-refractivity contribution >= 4 is 38.5 Å². The van der Waals surface area contributed by atoms with Crippen LogP contribution in [0.4, 0.5) is 15.8 Å². The van der Waals surface area contributed by atoms with Crippen LogP contribution in [0.3, 0.4) is 0 Å². The van der Waals surface area contributed by atoms with Crippen LogP contribution in [0.25, 0.3) is 0 Å². The van der Waals surface area contributed by atoms with Crippen LogP contribution in [0.2, 0.25) is 0 Å². The summed E-state index contributed by atoms with van der Waals surface area (Å²) in [5.41, 5.74) is 1.22. The zero-order valence-electron chi connectivity index (χ0n) is 17.2. The van der Waals surface area contributed by atoms with Gasteiger partial charge in [0.1, 0.15) is 22.2 Å². The fourth-order valence-electron chi connectivity index (χ4n) is 3.30. The predicted molar refractivity (Wildman–Crippen MR) is 121 cm³/mol. The van der Waals surface area contributed by atoms with Crippen molar-refractivity contribution in [2.45, 2.75) is 6.54 Å². The lowest BCUT2D eigenvalue weighted by Crippen LogP contribution is -2.38. The van der Waals surface area contributed by atoms with Crippen molar-refractivity contribution in [2.75, 3.05) is 23.8 Å². The molecule has 166 valence electrons. The van der Waals surface area contributed by atoms with E-state index in [-0.39, 0.29) is 12.2 Å². The Bertz CT molecular complexity index is 1300. The SMILES string of the molecule is COc1cc(NC=C2C(=O)c3sccc3N(Cc3cccc(F)c3)S2(=O)=O)cc(OC)c1. The molecule has 0 aliphatic carbocycles. The first kappa shape index (κ1) is 21.8. The number of sulfonamides is 1. The number of methoxy groups -OCH3 is 2. The minimum atomic E-state index is -4.21. The first-order chi connectivity index (χ1) is 15.3. The van der Waals surface area contributed by atoms with Crippen molar-refractivity contribution in [2.24, 2.45) is 0 Å². The molecule has 0 amide bonds. The number of fused-ring (bicyclic) bond motifs is 1. The van der Waals surface area contributed by atoms with E-state index in [1.165, 1.54) is 32.4 Å². The number of thiophene rings is 1. The summed E-state index contributed by atoms with van der Waals surface area (Å²) in [7, 11) is -1.22. The lowest BCUT2D eigenvalue weighted by molar-refractivity contribution is 0.104. The highest BCUT2D eigenvalue weighted by Gasteiger charge is 2.41. The van der Waals surface area contributed by atoms with E-state index in [0.717, 1.165) is 21.8 Å². The first-order valence-electron chi connectivity index (χ1n) is 9.42. The number of ether oxygens (including phenoxy) is 2. The van der Waals surface area contributed by atoms with Gasteiger partial charge in [-0.25, -0.2) is 12.8 Å². The molecule has 3 aromatic rings. The molecule has 4 rings (SSSR count). The lowest BCUT2D eigenvalue weighted by Gasteiger charge is -2.29. The number of nitrogens with zero attached hydrogens (tertiary/aromatic N) is 1. The van der Waals surface area contributed by atoms with Crippen LogP contribution in [0, 0.1) is 5.82 Å². The van der Waals surface area contributed by atoms with Crippen LogP contribution in [-0.2, 0) is 16.6 Å². The molecule has 0 saturated heterocycles. The molecule has 0 spiro atoms. The molecule has 0 atom stereocenters. The molecular weight excluding hydrogens is 455 g/mol. The van der Waals surface area contributed by atoms with Gasteiger partial charge in [0.05, 0.1) is 26.5 Å². The summed E-state index contributed by atoms with van der Waals surface area (Å²) in [6, 6.07) is 12.2. The van der Waals surface area contributed by atoms with Crippen molar-refractivity contribution in [1.29, 1.82) is 0 Å². The van der Waals surface area contributed by atoms with Gasteiger partial charge >= 0.3 is 0 Å². The molecule has 1 aromatic heterocycles. The van der Waals surface area contributed by atoms with E-state index >= 15 is 0 Å². The van der Waals surface area contributed by atoms with Crippen LogP contribution in [0.1, 0.15) is 15.2 Å². The fraction of sp³-hybridized carbons (Fsp3) is 0.136. The van der Waals surface area contributed by atoms with Gasteiger partial charge in [-0.05, 0) is 29.1 Å². The molecular formula is C22H19FN2O5S2. The van der Waals surface area contributed by atoms with Crippen molar-refractivity contribution in [3.8, 4) is 11.5 Å². The molecule has 0 bridgehead atoms. The number of allylic oxidation sites excluding steroid dienone is 1. The molecule has 32 heavy (non-hydrogen) atoms. The summed E-state index contributed by atoms with van der Waals surface area (Å²) in [6.07, 6.45) is 1.16. The zero-order valence-corrected chi connectivity index (χ0v) is 18.8. The van der Waals surface area contributed by atoms with E-state index in [1.807, 2.05) is 0 Å². The van der Waals surface area contributed by atoms with Crippen molar-refractivity contribution in [3.63, 3.8) is 0 Å². The summed E-state index contributed by atoms with van der Waals surface area (Å²) in [4.78, 5) is 12.9. The largest absolute Gasteiger partial charge is 0.497 e. The summed E-state index contributed by atoms with van der Waals surface area (Å²) in [6.45, 7) is -0.110. The third-order valence-corrected chi connectivity index (χ3v) is 7.52. The second kappa shape index (κ2) is 8.64. The van der Waals surface area contributed by atoms with E-state index < -0.39 is 26.5 Å². The quantitative estimate of drug-likeness (QED) is 0.534. The van der Waals surface area contributed by atoms with Gasteiger partial charge in [0.15, 0.2) is 4.91 Å². The normalized spacial score (nSPS) is 16.0. The minimum absolute atomic E-state index is 0.110. The van der Waals surface area contributed by atoms with E-state index in [9.17, 15) is 17.6 Å². The molecule has 1 aliphatic heterocycles. The highest BCUT2D eigenvalue weighted by Crippen LogP contribution is 2.39. The third kappa shape index (κ3) is 4.06. The molecule has 10 heteroatoms. The van der Waals surface area contributed by atoms with Crippen LogP contribution >= 0.6 is 11.3 Å². The monoisotopic (exact) mass is 474 g/mol. The average molecular weight is 475 g/mol. The Kier molecular flexibility index (Phi) is 5.90. The van der Waals surface area contributed by atoms with Crippen molar-refractivity contribution in [3.05, 3.63) is 81.3 Å². The Labute approximate surface area is 188 Å². The topological polar surface area (TPSA) is 84.9 Å². The van der Waals surface area contributed by atoms with Crippen LogP contribution in [-0.4, -0.2) is 28.4 Å². The number of Topliss-reactive ketones (excluding diaryl/α,β-unsaturated/α-hetero) is 1. The Balaban J connectivity index is 1.74. The maximum atomic E-state index is 13.7. The van der Waals surface area contributed by atoms with Gasteiger partial charge in [-0.2, -0.15) is 0 Å². The molecule has 0 saturated carbocycles. The summed E-state index contributed by atoms with van der Waals surface area (Å²) in [5, 5.41) is 4.52. The highest BCUT2D eigenvalue weighted by atomic mass is 32.2. The number of carbonyl (C=O) groups excluding carboxylic acids is 1. The van der Waals surface area contributed by atoms with E-state index in [2.05, 4.69) is 5.32 Å². The highest BCUT2D eigenvalue weighted by molar-refractivity contribution is 7.97. The maximum absolute atomic E-state index is 13.7. The van der Waals surface area contributed by atoms with Crippen molar-refractivity contribution < 1.29 is 27.1 Å². The van der Waals surface area contributed by atoms with E-state index in [0.29, 0.717) is 27.6 Å². The standard InChI is InChI=1S/C22H19FN2O5S2/c1-29-17-9-16(10-18(11-17)30-2)24-12-20-21(26)22-19(6-7-31-22)25(32(20,27)28)13-14-4-3-5-15(23)8-14/h3-12,24H,13H2,1-2H3. The average Bonchev–Trinajstić information content (AvgIpc) is 3.26. The van der Waals surface area contributed by atoms with Gasteiger partial charge in [-0.1, -0.05) is 12.1 Å². The second-order valence-corrected chi connectivity index (χ2v) is 9.61. The number of ketones is 1. The van der Waals surface area contributed by atoms with Crippen LogP contribution < -0.4 is 19.1 Å². The molecule has 2 aromatic carbocycles. The number of halogens is 1. The lowest BCUT2D eigenvalue weighted by atomic mass is 10.2. The van der Waals surface area contributed by atoms with E-state index in [1.54, 1.807) is 35.7 Å². The Hall–Kier alpha value is -3.37. The van der Waals surface area contributed by atoms with Crippen LogP contribution in [0.15, 0.2) is 65.0 Å². The molecule has 0 unspecified atom stereocenters. The number of anilines is 2. The Morgan fingerprint density at radius 3 is 2.47 bits per heavy atom. The van der Waals surface area contributed by atoms with Gasteiger partial charge in [0.2, 0.25) is 5.78 Å². The minimum Gasteiger partial charge on any atom is -0.497 e. The van der Waals surface area contributed by atoms with E-state index in [4.69, 9.17) is 9.47 Å². The summed E-state index contributed by atoms with van der Waals surface area (Å²) >= 11 is 1.15. The predicted octanol–water partition coefficient (Wildman–Crippen LogP) is 4.39. The van der Waals surface area contributed by atoms with Gasteiger partial charge in [-0.3, -0.25) is 9.10 Å². The van der Waals surface area contributed by atoms with Crippen molar-refractivity contribution in [1.82, 2.24) is 0 Å². The summed E-state index contributed by atoms with van der Waals surface area (Å²) in [5.74, 6) is -0.0801. The number of hydrogen-bond acceptors (Lipinski definition) is 7. The molecule has 0 radical (unpaired) electrons. The molecule has 1 N–H and O–H groups in total. The number of carbonyl (C=O) groups is 1. The van der Waals surface area contributed by atoms with Gasteiger partial charge in [0.25, 0.3) is 10.0 Å². The smallest absolute Gasteiger partial charge is 0.270 e. The fourth-order valence-corrected chi connectivity index (χ4v) is 5.78. The zero-order chi connectivity index (χ0) is 22.9. The first-order valence-corrected chi connectivity index (χ1v) is 11.7. The summed E-state index contributed by atoms with van der Waals surface area (Å²) < 4.78 is 52.0. The third-order valence-electron chi connectivity index (χ3n) is 4.85. The number of hydrogen-bond donors (Lipinski definition) is 1. The second-order valence-electron chi connectivity index (χ2n) is 6.86. The number of nitrogens with one attached hydrogen (secondary N) is 1. The molecule has 2 heterocycles. The Morgan fingerprint density at radius 1 is 1.09 bits per heavy atom. The maximum Gasteiger partial charge on any atom is 0.270 e. The number of rotatable bonds is 6. The van der Waals surface area contributed by atoms with Gasteiger partial charge in [0, 0.05) is 30.1 Å². The molecule has 1 aliphatic rings. The molecule has 0 fully saturated rings. The molecule has 7 nitrogen and oxygen atoms in total. The van der Waals surface area contributed by atoms with Crippen LogP contribution in [0.5, 0.6) is 11.5 Å². The number of benzene rings is 2. The van der Waals surface area contributed by atoms with Gasteiger partial charge in [-0.15, -0.1) is 11.3 Å². The van der Waals surface area contributed by atoms with Gasteiger partial charge < -0.3 is 14.8 Å².